The molecule has 2 heterocycles. The van der Waals surface area contributed by atoms with Gasteiger partial charge < -0.3 is 10.1 Å². The van der Waals surface area contributed by atoms with Gasteiger partial charge in [0.25, 0.3) is 5.56 Å². The molecule has 2 N–H and O–H groups in total. The largest absolute Gasteiger partial charge is 0.396 e. The Hall–Kier alpha value is -1.76. The molecule has 0 radical (unpaired) electrons. The predicted molar refractivity (Wildman–Crippen MR) is 59.4 cm³/mol. The Morgan fingerprint density at radius 3 is 3.18 bits per heavy atom. The van der Waals surface area contributed by atoms with Crippen molar-refractivity contribution in [2.45, 2.75) is 25.3 Å². The van der Waals surface area contributed by atoms with Crippen LogP contribution in [0, 0.1) is 5.92 Å². The van der Waals surface area contributed by atoms with Crippen molar-refractivity contribution in [3.63, 3.8) is 0 Å². The van der Waals surface area contributed by atoms with Crippen molar-refractivity contribution in [2.75, 3.05) is 6.61 Å². The Labute approximate surface area is 96.5 Å². The maximum Gasteiger partial charge on any atom is 0.280 e. The summed E-state index contributed by atoms with van der Waals surface area (Å²) in [6, 6.07) is 0.187. The van der Waals surface area contributed by atoms with E-state index < -0.39 is 0 Å². The first kappa shape index (κ1) is 10.4. The maximum absolute atomic E-state index is 11.5. The maximum atomic E-state index is 11.5. The van der Waals surface area contributed by atoms with E-state index in [-0.39, 0.29) is 23.7 Å². The lowest BCUT2D eigenvalue weighted by atomic mass is 10.1. The van der Waals surface area contributed by atoms with Crippen LogP contribution < -0.4 is 5.56 Å². The standard InChI is InChI=1S/C10H13N5O2/c16-4-6-1-2-7(3-6)15-9-8(13-14-15)10(17)12-5-11-9/h5-7,16H,1-4H2,(H,11,12,17)/t6-,7+/m0/s1. The minimum absolute atomic E-state index is 0.187. The molecule has 1 aliphatic rings. The first-order valence-electron chi connectivity index (χ1n) is 5.69. The van der Waals surface area contributed by atoms with Gasteiger partial charge in [-0.2, -0.15) is 0 Å². The van der Waals surface area contributed by atoms with Gasteiger partial charge in [0.05, 0.1) is 12.4 Å². The summed E-state index contributed by atoms with van der Waals surface area (Å²) in [6.07, 6.45) is 4.15. The molecule has 3 rings (SSSR count). The highest BCUT2D eigenvalue weighted by Crippen LogP contribution is 2.34. The van der Waals surface area contributed by atoms with Crippen LogP contribution in [0.3, 0.4) is 0 Å². The van der Waals surface area contributed by atoms with E-state index >= 15 is 0 Å². The minimum atomic E-state index is -0.266. The SMILES string of the molecule is O=c1[nH]cnc2c1nnn2[C@@H]1CC[C@H](CO)C1. The fourth-order valence-corrected chi connectivity index (χ4v) is 2.46. The van der Waals surface area contributed by atoms with Crippen LogP contribution in [0.15, 0.2) is 11.1 Å². The molecule has 7 nitrogen and oxygen atoms in total. The Morgan fingerprint density at radius 1 is 1.53 bits per heavy atom. The molecule has 0 bridgehead atoms. The van der Waals surface area contributed by atoms with Gasteiger partial charge in [-0.3, -0.25) is 4.79 Å². The lowest BCUT2D eigenvalue weighted by Crippen LogP contribution is -2.11. The summed E-state index contributed by atoms with van der Waals surface area (Å²) in [4.78, 5) is 18.1. The van der Waals surface area contributed by atoms with Gasteiger partial charge in [-0.1, -0.05) is 5.21 Å². The Bertz CT molecular complexity index is 590. The van der Waals surface area contributed by atoms with Crippen molar-refractivity contribution in [3.8, 4) is 0 Å². The molecule has 0 spiro atoms. The molecule has 2 aromatic heterocycles. The fourth-order valence-electron chi connectivity index (χ4n) is 2.46. The molecule has 7 heteroatoms. The van der Waals surface area contributed by atoms with Crippen LogP contribution in [0.5, 0.6) is 0 Å². The number of aliphatic hydroxyl groups is 1. The minimum Gasteiger partial charge on any atom is -0.396 e. The molecule has 0 unspecified atom stereocenters. The molecule has 17 heavy (non-hydrogen) atoms. The van der Waals surface area contributed by atoms with Crippen LogP contribution in [0.2, 0.25) is 0 Å². The quantitative estimate of drug-likeness (QED) is 0.754. The zero-order valence-electron chi connectivity index (χ0n) is 9.20. The molecular weight excluding hydrogens is 222 g/mol. The summed E-state index contributed by atoms with van der Waals surface area (Å²) < 4.78 is 1.71. The monoisotopic (exact) mass is 235 g/mol. The van der Waals surface area contributed by atoms with Crippen LogP contribution in [0.4, 0.5) is 0 Å². The molecule has 1 saturated carbocycles. The number of hydrogen-bond donors (Lipinski definition) is 2. The molecule has 2 atom stereocenters. The normalized spacial score (nSPS) is 24.5. The second-order valence-corrected chi connectivity index (χ2v) is 4.45. The van der Waals surface area contributed by atoms with Gasteiger partial charge in [-0.15, -0.1) is 5.10 Å². The molecule has 0 saturated heterocycles. The van der Waals surface area contributed by atoms with Gasteiger partial charge >= 0.3 is 0 Å². The van der Waals surface area contributed by atoms with E-state index in [4.69, 9.17) is 5.11 Å². The van der Waals surface area contributed by atoms with Gasteiger partial charge in [-0.05, 0) is 25.2 Å². The van der Waals surface area contributed by atoms with Gasteiger partial charge in [0.2, 0.25) is 0 Å². The summed E-state index contributed by atoms with van der Waals surface area (Å²) in [7, 11) is 0. The van der Waals surface area contributed by atoms with Gasteiger partial charge in [-0.25, -0.2) is 9.67 Å². The third kappa shape index (κ3) is 1.62. The van der Waals surface area contributed by atoms with Crippen LogP contribution in [-0.4, -0.2) is 36.7 Å². The molecule has 0 aromatic carbocycles. The Balaban J connectivity index is 2.02. The number of hydrogen-bond acceptors (Lipinski definition) is 5. The van der Waals surface area contributed by atoms with Crippen molar-refractivity contribution in [2.24, 2.45) is 5.92 Å². The second kappa shape index (κ2) is 3.92. The highest BCUT2D eigenvalue weighted by atomic mass is 16.3. The number of aromatic nitrogens is 5. The van der Waals surface area contributed by atoms with Gasteiger partial charge in [0, 0.05) is 6.61 Å². The second-order valence-electron chi connectivity index (χ2n) is 4.45. The Kier molecular flexibility index (Phi) is 2.40. The number of rotatable bonds is 2. The molecule has 0 aliphatic heterocycles. The van der Waals surface area contributed by atoms with E-state index in [9.17, 15) is 4.79 Å². The van der Waals surface area contributed by atoms with Crippen molar-refractivity contribution < 1.29 is 5.11 Å². The zero-order valence-corrected chi connectivity index (χ0v) is 9.20. The molecule has 2 aromatic rings. The zero-order chi connectivity index (χ0) is 11.8. The number of nitrogens with zero attached hydrogens (tertiary/aromatic N) is 4. The van der Waals surface area contributed by atoms with Crippen LogP contribution >= 0.6 is 0 Å². The summed E-state index contributed by atoms with van der Waals surface area (Å²) in [5.74, 6) is 0.321. The molecule has 0 amide bonds. The Morgan fingerprint density at radius 2 is 2.41 bits per heavy atom. The number of H-pyrrole nitrogens is 1. The lowest BCUT2D eigenvalue weighted by Gasteiger charge is -2.09. The number of aromatic amines is 1. The molecule has 90 valence electrons. The van der Waals surface area contributed by atoms with E-state index in [2.05, 4.69) is 20.3 Å². The average molecular weight is 235 g/mol. The van der Waals surface area contributed by atoms with E-state index in [1.807, 2.05) is 0 Å². The topological polar surface area (TPSA) is 96.7 Å². The lowest BCUT2D eigenvalue weighted by molar-refractivity contribution is 0.225. The third-order valence-electron chi connectivity index (χ3n) is 3.39. The number of fused-ring (bicyclic) bond motifs is 1. The van der Waals surface area contributed by atoms with Crippen LogP contribution in [0.25, 0.3) is 11.2 Å². The van der Waals surface area contributed by atoms with Crippen molar-refractivity contribution in [3.05, 3.63) is 16.7 Å². The smallest absolute Gasteiger partial charge is 0.280 e. The fraction of sp³-hybridized carbons (Fsp3) is 0.600. The molecule has 1 fully saturated rings. The first-order chi connectivity index (χ1) is 8.29. The van der Waals surface area contributed by atoms with Crippen molar-refractivity contribution in [1.82, 2.24) is 25.0 Å². The van der Waals surface area contributed by atoms with Crippen LogP contribution in [0.1, 0.15) is 25.3 Å². The van der Waals surface area contributed by atoms with Gasteiger partial charge in [0.1, 0.15) is 0 Å². The highest BCUT2D eigenvalue weighted by molar-refractivity contribution is 5.67. The molecular formula is C10H13N5O2. The third-order valence-corrected chi connectivity index (χ3v) is 3.39. The van der Waals surface area contributed by atoms with Crippen LogP contribution in [-0.2, 0) is 0 Å². The van der Waals surface area contributed by atoms with E-state index in [0.717, 1.165) is 19.3 Å². The van der Waals surface area contributed by atoms with E-state index in [1.54, 1.807) is 4.68 Å². The summed E-state index contributed by atoms with van der Waals surface area (Å²) in [5.41, 5.74) is 0.537. The molecule has 1 aliphatic carbocycles. The highest BCUT2D eigenvalue weighted by Gasteiger charge is 2.28. The van der Waals surface area contributed by atoms with Gasteiger partial charge in [0.15, 0.2) is 11.2 Å². The summed E-state index contributed by atoms with van der Waals surface area (Å²) in [6.45, 7) is 0.205. The number of nitrogens with one attached hydrogen (secondary N) is 1. The predicted octanol–water partition coefficient (Wildman–Crippen LogP) is -0.152. The average Bonchev–Trinajstić information content (AvgIpc) is 2.94. The number of aliphatic hydroxyl groups excluding tert-OH is 1. The first-order valence-corrected chi connectivity index (χ1v) is 5.69. The summed E-state index contributed by atoms with van der Waals surface area (Å²) >= 11 is 0. The van der Waals surface area contributed by atoms with Crippen molar-refractivity contribution >= 4 is 11.2 Å². The van der Waals surface area contributed by atoms with Crippen molar-refractivity contribution in [1.29, 1.82) is 0 Å². The summed E-state index contributed by atoms with van der Waals surface area (Å²) in [5, 5.41) is 17.0. The van der Waals surface area contributed by atoms with E-state index in [1.165, 1.54) is 6.33 Å². The van der Waals surface area contributed by atoms with E-state index in [0.29, 0.717) is 11.6 Å².